The smallest absolute Gasteiger partial charge is 0.252 e. The van der Waals surface area contributed by atoms with Crippen molar-refractivity contribution < 1.29 is 4.79 Å². The highest BCUT2D eigenvalue weighted by Crippen LogP contribution is 2.32. The molecule has 1 saturated carbocycles. The van der Waals surface area contributed by atoms with Crippen LogP contribution in [-0.4, -0.2) is 18.3 Å². The summed E-state index contributed by atoms with van der Waals surface area (Å²) in [6.45, 7) is 0.717. The molecule has 0 radical (unpaired) electrons. The van der Waals surface area contributed by atoms with Gasteiger partial charge in [-0.15, -0.1) is 11.6 Å². The maximum atomic E-state index is 12.2. The van der Waals surface area contributed by atoms with Gasteiger partial charge in [0.1, 0.15) is 0 Å². The van der Waals surface area contributed by atoms with Crippen LogP contribution in [0.25, 0.3) is 0 Å². The summed E-state index contributed by atoms with van der Waals surface area (Å²) in [5.41, 5.74) is 0.662. The summed E-state index contributed by atoms with van der Waals surface area (Å²) in [5, 5.41) is 3.02. The summed E-state index contributed by atoms with van der Waals surface area (Å²) in [4.78, 5) is 12.2. The van der Waals surface area contributed by atoms with E-state index in [2.05, 4.69) is 37.2 Å². The number of hydrogen-bond acceptors (Lipinski definition) is 1. The predicted molar refractivity (Wildman–Crippen MR) is 85.7 cm³/mol. The molecule has 1 fully saturated rings. The third-order valence-corrected chi connectivity index (χ3v) is 5.29. The van der Waals surface area contributed by atoms with Crippen LogP contribution in [0.3, 0.4) is 0 Å². The Labute approximate surface area is 135 Å². The van der Waals surface area contributed by atoms with E-state index in [1.807, 2.05) is 18.2 Å². The van der Waals surface area contributed by atoms with Crippen LogP contribution in [0.15, 0.2) is 27.1 Å². The molecule has 104 valence electrons. The van der Waals surface area contributed by atoms with Gasteiger partial charge in [0, 0.05) is 21.4 Å². The second-order valence-corrected chi connectivity index (χ2v) is 7.02. The zero-order chi connectivity index (χ0) is 13.8. The van der Waals surface area contributed by atoms with E-state index in [0.29, 0.717) is 23.3 Å². The van der Waals surface area contributed by atoms with Crippen LogP contribution < -0.4 is 5.32 Å². The van der Waals surface area contributed by atoms with Gasteiger partial charge in [-0.1, -0.05) is 22.4 Å². The Bertz CT molecular complexity index is 467. The molecule has 2 atom stereocenters. The molecule has 1 amide bonds. The van der Waals surface area contributed by atoms with E-state index in [9.17, 15) is 4.79 Å². The van der Waals surface area contributed by atoms with Gasteiger partial charge >= 0.3 is 0 Å². The Kier molecular flexibility index (Phi) is 5.72. The summed E-state index contributed by atoms with van der Waals surface area (Å²) < 4.78 is 1.72. The van der Waals surface area contributed by atoms with Crippen LogP contribution >= 0.6 is 43.5 Å². The summed E-state index contributed by atoms with van der Waals surface area (Å²) in [6, 6.07) is 5.60. The highest BCUT2D eigenvalue weighted by atomic mass is 79.9. The molecular formula is C14H16Br2ClNO. The van der Waals surface area contributed by atoms with E-state index in [1.165, 1.54) is 12.8 Å². The molecule has 1 aliphatic carbocycles. The maximum Gasteiger partial charge on any atom is 0.252 e. The highest BCUT2D eigenvalue weighted by Gasteiger charge is 2.26. The van der Waals surface area contributed by atoms with Crippen molar-refractivity contribution in [2.45, 2.75) is 19.3 Å². The van der Waals surface area contributed by atoms with Crippen LogP contribution in [0.2, 0.25) is 0 Å². The molecule has 1 aromatic carbocycles. The summed E-state index contributed by atoms with van der Waals surface area (Å²) in [6.07, 6.45) is 3.57. The summed E-state index contributed by atoms with van der Waals surface area (Å²) >= 11 is 12.7. The molecule has 1 N–H and O–H groups in total. The average Bonchev–Trinajstić information content (AvgIpc) is 2.86. The number of alkyl halides is 1. The van der Waals surface area contributed by atoms with Gasteiger partial charge < -0.3 is 5.32 Å². The molecule has 0 bridgehead atoms. The first-order valence-corrected chi connectivity index (χ1v) is 8.53. The van der Waals surface area contributed by atoms with Crippen molar-refractivity contribution in [3.8, 4) is 0 Å². The zero-order valence-electron chi connectivity index (χ0n) is 10.5. The lowest BCUT2D eigenvalue weighted by Crippen LogP contribution is -2.31. The molecular weight excluding hydrogens is 393 g/mol. The maximum absolute atomic E-state index is 12.2. The largest absolute Gasteiger partial charge is 0.352 e. The lowest BCUT2D eigenvalue weighted by Gasteiger charge is -2.18. The molecule has 5 heteroatoms. The number of carbonyl (C=O) groups is 1. The molecule has 2 unspecified atom stereocenters. The zero-order valence-corrected chi connectivity index (χ0v) is 14.4. The summed E-state index contributed by atoms with van der Waals surface area (Å²) in [7, 11) is 0. The molecule has 1 aliphatic rings. The molecule has 2 rings (SSSR count). The number of halogens is 3. The number of carbonyl (C=O) groups excluding carboxylic acids is 1. The van der Waals surface area contributed by atoms with Gasteiger partial charge in [0.15, 0.2) is 0 Å². The minimum Gasteiger partial charge on any atom is -0.352 e. The number of nitrogens with one attached hydrogen (secondary N) is 1. The predicted octanol–water partition coefficient (Wildman–Crippen LogP) is 4.60. The topological polar surface area (TPSA) is 29.1 Å². The minimum absolute atomic E-state index is 0.0339. The van der Waals surface area contributed by atoms with Crippen LogP contribution in [0, 0.1) is 11.8 Å². The Morgan fingerprint density at radius 2 is 2.05 bits per heavy atom. The standard InChI is InChI=1S/C14H16Br2ClNO/c15-11-4-5-13(16)12(6-11)14(19)18-8-10-3-1-2-9(10)7-17/h4-6,9-10H,1-3,7-8H2,(H,18,19). The second kappa shape index (κ2) is 7.09. The molecule has 19 heavy (non-hydrogen) atoms. The number of benzene rings is 1. The Morgan fingerprint density at radius 3 is 2.79 bits per heavy atom. The molecule has 0 saturated heterocycles. The van der Waals surface area contributed by atoms with Gasteiger partial charge in [0.05, 0.1) is 5.56 Å². The first-order valence-electron chi connectivity index (χ1n) is 6.41. The van der Waals surface area contributed by atoms with E-state index < -0.39 is 0 Å². The second-order valence-electron chi connectivity index (χ2n) is 4.94. The Hall–Kier alpha value is -0.0600. The lowest BCUT2D eigenvalue weighted by molar-refractivity contribution is 0.0944. The van der Waals surface area contributed by atoms with E-state index in [1.54, 1.807) is 0 Å². The van der Waals surface area contributed by atoms with Gasteiger partial charge in [-0.3, -0.25) is 4.79 Å². The SMILES string of the molecule is O=C(NCC1CCCC1CCl)c1cc(Br)ccc1Br. The van der Waals surface area contributed by atoms with Gasteiger partial charge in [-0.05, 0) is 58.8 Å². The average molecular weight is 410 g/mol. The fraction of sp³-hybridized carbons (Fsp3) is 0.500. The Morgan fingerprint density at radius 1 is 1.32 bits per heavy atom. The van der Waals surface area contributed by atoms with E-state index in [0.717, 1.165) is 21.9 Å². The van der Waals surface area contributed by atoms with Crippen molar-refractivity contribution in [3.05, 3.63) is 32.7 Å². The van der Waals surface area contributed by atoms with Crippen molar-refractivity contribution >= 4 is 49.4 Å². The van der Waals surface area contributed by atoms with Crippen LogP contribution in [0.5, 0.6) is 0 Å². The van der Waals surface area contributed by atoms with E-state index in [-0.39, 0.29) is 5.91 Å². The molecule has 0 aliphatic heterocycles. The number of hydrogen-bond donors (Lipinski definition) is 1. The molecule has 1 aromatic rings. The van der Waals surface area contributed by atoms with Crippen molar-refractivity contribution in [1.82, 2.24) is 5.32 Å². The quantitative estimate of drug-likeness (QED) is 0.724. The third kappa shape index (κ3) is 3.96. The van der Waals surface area contributed by atoms with Crippen LogP contribution in [0.4, 0.5) is 0 Å². The number of amides is 1. The first-order chi connectivity index (χ1) is 9.11. The number of rotatable bonds is 4. The van der Waals surface area contributed by atoms with Gasteiger partial charge in [-0.2, -0.15) is 0 Å². The monoisotopic (exact) mass is 407 g/mol. The third-order valence-electron chi connectivity index (χ3n) is 3.71. The summed E-state index contributed by atoms with van der Waals surface area (Å²) in [5.74, 6) is 1.73. The first kappa shape index (κ1) is 15.3. The van der Waals surface area contributed by atoms with E-state index in [4.69, 9.17) is 11.6 Å². The van der Waals surface area contributed by atoms with Crippen LogP contribution in [0.1, 0.15) is 29.6 Å². The van der Waals surface area contributed by atoms with Crippen molar-refractivity contribution in [2.75, 3.05) is 12.4 Å². The van der Waals surface area contributed by atoms with Gasteiger partial charge in [0.25, 0.3) is 5.91 Å². The normalized spacial score (nSPS) is 22.5. The lowest BCUT2D eigenvalue weighted by atomic mass is 9.98. The fourth-order valence-electron chi connectivity index (χ4n) is 2.58. The molecule has 0 heterocycles. The van der Waals surface area contributed by atoms with Crippen LogP contribution in [-0.2, 0) is 0 Å². The van der Waals surface area contributed by atoms with Gasteiger partial charge in [-0.25, -0.2) is 0 Å². The van der Waals surface area contributed by atoms with Gasteiger partial charge in [0.2, 0.25) is 0 Å². The fourth-order valence-corrected chi connectivity index (χ4v) is 3.77. The highest BCUT2D eigenvalue weighted by molar-refractivity contribution is 9.11. The van der Waals surface area contributed by atoms with Crippen molar-refractivity contribution in [2.24, 2.45) is 11.8 Å². The minimum atomic E-state index is -0.0339. The van der Waals surface area contributed by atoms with E-state index >= 15 is 0 Å². The van der Waals surface area contributed by atoms with Crippen molar-refractivity contribution in [3.63, 3.8) is 0 Å². The molecule has 0 spiro atoms. The molecule has 0 aromatic heterocycles. The molecule has 2 nitrogen and oxygen atoms in total. The van der Waals surface area contributed by atoms with Crippen molar-refractivity contribution in [1.29, 1.82) is 0 Å². The Balaban J connectivity index is 1.96.